The lowest BCUT2D eigenvalue weighted by atomic mass is 9.48. The Hall–Kier alpha value is -0.380. The van der Waals surface area contributed by atoms with Gasteiger partial charge in [0.1, 0.15) is 5.78 Å². The van der Waals surface area contributed by atoms with Crippen LogP contribution in [-0.4, -0.2) is 43.0 Å². The number of ether oxygens (including phenoxy) is 1. The molecule has 0 bridgehead atoms. The molecule has 0 N–H and O–H groups in total. The predicted molar refractivity (Wildman–Crippen MR) is 114 cm³/mol. The summed E-state index contributed by atoms with van der Waals surface area (Å²) in [5, 5.41) is 0. The molecule has 6 atom stereocenters. The van der Waals surface area contributed by atoms with E-state index in [2.05, 4.69) is 38.7 Å². The smallest absolute Gasteiger partial charge is 0.139 e. The summed E-state index contributed by atoms with van der Waals surface area (Å²) < 4.78 is 6.32. The van der Waals surface area contributed by atoms with Crippen molar-refractivity contribution < 1.29 is 21.9 Å². The van der Waals surface area contributed by atoms with Crippen LogP contribution in [0.4, 0.5) is 0 Å². The first-order chi connectivity index (χ1) is 13.4. The first-order valence-corrected chi connectivity index (χ1v) is 12.0. The summed E-state index contributed by atoms with van der Waals surface area (Å²) in [6.45, 7) is 13.4. The van der Waals surface area contributed by atoms with Gasteiger partial charge in [0.25, 0.3) is 0 Å². The Morgan fingerprint density at radius 2 is 1.76 bits per heavy atom. The molecule has 0 aromatic heterocycles. The normalized spacial score (nSPS) is 41.3. The molecule has 3 fully saturated rings. The molecule has 0 aromatic carbocycles. The number of ketones is 1. The number of nitrogens with zero attached hydrogens (tertiary/aromatic N) is 1. The van der Waals surface area contributed by atoms with E-state index in [1.165, 1.54) is 25.7 Å². The van der Waals surface area contributed by atoms with Crippen molar-refractivity contribution in [2.45, 2.75) is 85.2 Å². The number of likely N-dealkylation sites (N-methyl/N-ethyl adjacent to an activating group) is 1. The Kier molecular flexibility index (Phi) is 7.23. The number of hydrogen-bond donors (Lipinski definition) is 0. The predicted octanol–water partition coefficient (Wildman–Crippen LogP) is 2.25. The van der Waals surface area contributed by atoms with Crippen molar-refractivity contribution in [2.75, 3.05) is 26.2 Å². The molecule has 0 aliphatic heterocycles. The minimum atomic E-state index is -0.00634. The highest BCUT2D eigenvalue weighted by Crippen LogP contribution is 2.64. The molecule has 4 aliphatic carbocycles. The van der Waals surface area contributed by atoms with E-state index in [1.54, 1.807) is 5.57 Å². The summed E-state index contributed by atoms with van der Waals surface area (Å²) in [4.78, 5) is 15.0. The van der Waals surface area contributed by atoms with Gasteiger partial charge in [-0.15, -0.1) is 0 Å². The molecular formula is C25H41ClNO2-. The molecule has 166 valence electrons. The van der Waals surface area contributed by atoms with Gasteiger partial charge in [-0.2, -0.15) is 0 Å². The first kappa shape index (κ1) is 23.3. The van der Waals surface area contributed by atoms with Crippen LogP contribution in [0.15, 0.2) is 11.6 Å². The molecule has 0 heterocycles. The van der Waals surface area contributed by atoms with Gasteiger partial charge >= 0.3 is 0 Å². The van der Waals surface area contributed by atoms with E-state index in [0.29, 0.717) is 23.2 Å². The highest BCUT2D eigenvalue weighted by molar-refractivity contribution is 5.87. The zero-order valence-corrected chi connectivity index (χ0v) is 19.8. The fraction of sp³-hybridized carbons (Fsp3) is 0.880. The lowest BCUT2D eigenvalue weighted by Crippen LogP contribution is -3.00. The van der Waals surface area contributed by atoms with Crippen LogP contribution in [0, 0.1) is 28.6 Å². The second kappa shape index (κ2) is 9.01. The third kappa shape index (κ3) is 3.96. The van der Waals surface area contributed by atoms with Gasteiger partial charge in [-0.25, -0.2) is 0 Å². The van der Waals surface area contributed by atoms with E-state index in [0.717, 1.165) is 63.8 Å². The van der Waals surface area contributed by atoms with E-state index < -0.39 is 0 Å². The highest BCUT2D eigenvalue weighted by atomic mass is 35.5. The maximum atomic E-state index is 12.6. The molecule has 0 amide bonds. The molecule has 0 saturated heterocycles. The van der Waals surface area contributed by atoms with Gasteiger partial charge in [-0.05, 0) is 81.2 Å². The van der Waals surface area contributed by atoms with E-state index in [1.807, 2.05) is 0 Å². The summed E-state index contributed by atoms with van der Waals surface area (Å²) in [5.74, 6) is 2.71. The number of carbonyl (C=O) groups excluding carboxylic acids is 1. The van der Waals surface area contributed by atoms with Crippen LogP contribution >= 0.6 is 0 Å². The van der Waals surface area contributed by atoms with Crippen molar-refractivity contribution in [3.63, 3.8) is 0 Å². The summed E-state index contributed by atoms with van der Waals surface area (Å²) in [6, 6.07) is 0. The maximum Gasteiger partial charge on any atom is 0.139 e. The van der Waals surface area contributed by atoms with Crippen molar-refractivity contribution in [3.8, 4) is 0 Å². The molecule has 0 spiro atoms. The number of fused-ring (bicyclic) bond motifs is 5. The number of carbonyl (C=O) groups is 1. The molecular weight excluding hydrogens is 382 g/mol. The van der Waals surface area contributed by atoms with Crippen LogP contribution in [0.25, 0.3) is 0 Å². The molecule has 3 saturated carbocycles. The minimum absolute atomic E-state index is 0. The summed E-state index contributed by atoms with van der Waals surface area (Å²) in [5.41, 5.74) is 2.03. The van der Waals surface area contributed by atoms with Gasteiger partial charge in [-0.3, -0.25) is 4.79 Å². The summed E-state index contributed by atoms with van der Waals surface area (Å²) in [6.07, 6.45) is 12.2. The third-order valence-corrected chi connectivity index (χ3v) is 9.42. The van der Waals surface area contributed by atoms with Crippen LogP contribution in [0.3, 0.4) is 0 Å². The SMILES string of the molecule is CCN(CC)CCOC1CCC2(C)C(=CCC3C4CCC(=O)C4(C)CCC32)C1.[Cl-]. The van der Waals surface area contributed by atoms with Gasteiger partial charge in [0, 0.05) is 18.4 Å². The van der Waals surface area contributed by atoms with Crippen LogP contribution in [0.5, 0.6) is 0 Å². The standard InChI is InChI=1S/C25H41NO2.ClH/c1-5-26(6-2)15-16-28-19-11-13-24(3)18(17-19)7-8-20-21-9-10-23(27)25(21,4)14-12-22(20)24;/h7,19-22H,5-6,8-17H2,1-4H3;1H/p-1. The molecule has 4 aliphatic rings. The highest BCUT2D eigenvalue weighted by Gasteiger charge is 2.58. The Bertz CT molecular complexity index is 630. The Balaban J connectivity index is 0.00000240. The lowest BCUT2D eigenvalue weighted by Gasteiger charge is -2.57. The number of halogens is 1. The maximum absolute atomic E-state index is 12.6. The van der Waals surface area contributed by atoms with E-state index in [4.69, 9.17) is 4.74 Å². The van der Waals surface area contributed by atoms with E-state index in [9.17, 15) is 4.79 Å². The quantitative estimate of drug-likeness (QED) is 0.615. The number of rotatable bonds is 6. The van der Waals surface area contributed by atoms with Gasteiger partial charge < -0.3 is 22.0 Å². The fourth-order valence-electron chi connectivity index (χ4n) is 7.43. The average Bonchev–Trinajstić information content (AvgIpc) is 3.00. The van der Waals surface area contributed by atoms with Crippen molar-refractivity contribution in [2.24, 2.45) is 28.6 Å². The Morgan fingerprint density at radius 3 is 2.48 bits per heavy atom. The molecule has 4 rings (SSSR count). The summed E-state index contributed by atoms with van der Waals surface area (Å²) >= 11 is 0. The molecule has 3 nitrogen and oxygen atoms in total. The van der Waals surface area contributed by atoms with E-state index in [-0.39, 0.29) is 17.8 Å². The molecule has 0 aromatic rings. The van der Waals surface area contributed by atoms with Gasteiger partial charge in [-0.1, -0.05) is 39.3 Å². The van der Waals surface area contributed by atoms with Crippen molar-refractivity contribution >= 4 is 5.78 Å². The van der Waals surface area contributed by atoms with Gasteiger partial charge in [0.15, 0.2) is 0 Å². The second-order valence-electron chi connectivity index (χ2n) is 10.4. The molecule has 4 heteroatoms. The van der Waals surface area contributed by atoms with Crippen molar-refractivity contribution in [1.82, 2.24) is 4.90 Å². The molecule has 6 unspecified atom stereocenters. The minimum Gasteiger partial charge on any atom is -1.00 e. The molecule has 29 heavy (non-hydrogen) atoms. The average molecular weight is 423 g/mol. The van der Waals surface area contributed by atoms with Crippen LogP contribution in [0.1, 0.15) is 79.1 Å². The Morgan fingerprint density at radius 1 is 1.07 bits per heavy atom. The van der Waals surface area contributed by atoms with Gasteiger partial charge in [0.05, 0.1) is 12.7 Å². The van der Waals surface area contributed by atoms with Crippen LogP contribution < -0.4 is 12.4 Å². The number of Topliss-reactive ketones (excluding diaryl/α,β-unsaturated/α-hetero) is 1. The van der Waals surface area contributed by atoms with Crippen molar-refractivity contribution in [1.29, 1.82) is 0 Å². The van der Waals surface area contributed by atoms with Crippen LogP contribution in [0.2, 0.25) is 0 Å². The van der Waals surface area contributed by atoms with Crippen LogP contribution in [-0.2, 0) is 9.53 Å². The van der Waals surface area contributed by atoms with Crippen molar-refractivity contribution in [3.05, 3.63) is 11.6 Å². The zero-order valence-electron chi connectivity index (χ0n) is 19.0. The first-order valence-electron chi connectivity index (χ1n) is 12.0. The summed E-state index contributed by atoms with van der Waals surface area (Å²) in [7, 11) is 0. The second-order valence-corrected chi connectivity index (χ2v) is 10.4. The number of hydrogen-bond acceptors (Lipinski definition) is 3. The topological polar surface area (TPSA) is 29.5 Å². The van der Waals surface area contributed by atoms with Gasteiger partial charge in [0.2, 0.25) is 0 Å². The molecule has 0 radical (unpaired) electrons. The lowest BCUT2D eigenvalue weighted by molar-refractivity contribution is -0.132. The largest absolute Gasteiger partial charge is 1.00 e. The van der Waals surface area contributed by atoms with E-state index >= 15 is 0 Å². The third-order valence-electron chi connectivity index (χ3n) is 9.42. The Labute approximate surface area is 184 Å². The fourth-order valence-corrected chi connectivity index (χ4v) is 7.43. The monoisotopic (exact) mass is 422 g/mol. The number of allylic oxidation sites excluding steroid dienone is 1. The zero-order chi connectivity index (χ0) is 19.9.